The first-order valence-corrected chi connectivity index (χ1v) is 5.99. The Labute approximate surface area is 91.7 Å². The van der Waals surface area contributed by atoms with Gasteiger partial charge in [0.15, 0.2) is 5.03 Å². The van der Waals surface area contributed by atoms with Crippen LogP contribution in [-0.2, 0) is 10.0 Å². The lowest BCUT2D eigenvalue weighted by Crippen LogP contribution is -2.14. The number of fused-ring (bicyclic) bond motifs is 1. The second-order valence-corrected chi connectivity index (χ2v) is 4.90. The molecule has 1 aromatic heterocycles. The van der Waals surface area contributed by atoms with Gasteiger partial charge < -0.3 is 0 Å². The summed E-state index contributed by atoms with van der Waals surface area (Å²) in [6.45, 7) is 0. The maximum Gasteiger partial charge on any atom is 0.257 e. The molecule has 0 aliphatic carbocycles. The quantitative estimate of drug-likeness (QED) is 0.824. The summed E-state index contributed by atoms with van der Waals surface area (Å²) in [6, 6.07) is 8.60. The van der Waals surface area contributed by atoms with E-state index in [0.29, 0.717) is 5.52 Å². The summed E-state index contributed by atoms with van der Waals surface area (Å²) >= 11 is 5.77. The number of benzene rings is 1. The summed E-state index contributed by atoms with van der Waals surface area (Å²) in [5.41, 5.74) is 0.547. The summed E-state index contributed by atoms with van der Waals surface area (Å²) in [5.74, 6) is 0. The lowest BCUT2D eigenvalue weighted by molar-refractivity contribution is 0.594. The molecule has 6 heteroatoms. The predicted octanol–water partition coefficient (Wildman–Crippen LogP) is 1.54. The van der Waals surface area contributed by atoms with E-state index >= 15 is 0 Å². The SMILES string of the molecule is NS(=O)(=O)c1nc2ccccc2cc1Cl. The Morgan fingerprint density at radius 3 is 2.60 bits per heavy atom. The predicted molar refractivity (Wildman–Crippen MR) is 58.1 cm³/mol. The molecule has 0 aliphatic rings. The van der Waals surface area contributed by atoms with Gasteiger partial charge >= 0.3 is 0 Å². The van der Waals surface area contributed by atoms with Gasteiger partial charge in [0, 0.05) is 5.39 Å². The lowest BCUT2D eigenvalue weighted by Gasteiger charge is -2.02. The average molecular weight is 243 g/mol. The normalized spacial score (nSPS) is 11.9. The Balaban J connectivity index is 2.84. The van der Waals surface area contributed by atoms with Gasteiger partial charge in [0.05, 0.1) is 10.5 Å². The standard InChI is InChI=1S/C9H7ClN2O2S/c10-7-5-6-3-1-2-4-8(6)12-9(7)15(11,13)14/h1-5H,(H2,11,13,14). The van der Waals surface area contributed by atoms with Crippen molar-refractivity contribution in [2.24, 2.45) is 5.14 Å². The molecule has 4 nitrogen and oxygen atoms in total. The number of pyridine rings is 1. The highest BCUT2D eigenvalue weighted by molar-refractivity contribution is 7.89. The number of para-hydroxylation sites is 1. The maximum atomic E-state index is 11.1. The lowest BCUT2D eigenvalue weighted by atomic mass is 10.2. The van der Waals surface area contributed by atoms with Gasteiger partial charge in [-0.2, -0.15) is 0 Å². The van der Waals surface area contributed by atoms with Crippen molar-refractivity contribution < 1.29 is 8.42 Å². The van der Waals surface area contributed by atoms with E-state index in [1.165, 1.54) is 6.07 Å². The van der Waals surface area contributed by atoms with E-state index in [2.05, 4.69) is 4.98 Å². The van der Waals surface area contributed by atoms with Crippen LogP contribution in [0.25, 0.3) is 10.9 Å². The van der Waals surface area contributed by atoms with Crippen molar-refractivity contribution in [3.63, 3.8) is 0 Å². The number of aromatic nitrogens is 1. The highest BCUT2D eigenvalue weighted by Gasteiger charge is 2.15. The van der Waals surface area contributed by atoms with Crippen molar-refractivity contribution in [1.82, 2.24) is 4.98 Å². The van der Waals surface area contributed by atoms with Crippen LogP contribution in [0.5, 0.6) is 0 Å². The molecule has 0 aliphatic heterocycles. The highest BCUT2D eigenvalue weighted by Crippen LogP contribution is 2.23. The first-order chi connectivity index (χ1) is 6.98. The van der Waals surface area contributed by atoms with E-state index in [0.717, 1.165) is 5.39 Å². The fraction of sp³-hybridized carbons (Fsp3) is 0. The van der Waals surface area contributed by atoms with E-state index in [1.807, 2.05) is 6.07 Å². The molecular weight excluding hydrogens is 236 g/mol. The van der Waals surface area contributed by atoms with E-state index < -0.39 is 10.0 Å². The Morgan fingerprint density at radius 2 is 1.93 bits per heavy atom. The molecule has 0 radical (unpaired) electrons. The van der Waals surface area contributed by atoms with Gasteiger partial charge in [0.2, 0.25) is 0 Å². The van der Waals surface area contributed by atoms with Crippen molar-refractivity contribution in [3.8, 4) is 0 Å². The van der Waals surface area contributed by atoms with E-state index in [-0.39, 0.29) is 10.0 Å². The van der Waals surface area contributed by atoms with Crippen LogP contribution in [0.1, 0.15) is 0 Å². The minimum atomic E-state index is -3.87. The fourth-order valence-electron chi connectivity index (χ4n) is 1.27. The van der Waals surface area contributed by atoms with E-state index in [1.54, 1.807) is 18.2 Å². The molecule has 0 atom stereocenters. The van der Waals surface area contributed by atoms with Crippen molar-refractivity contribution in [3.05, 3.63) is 35.4 Å². The molecule has 0 spiro atoms. The van der Waals surface area contributed by atoms with E-state index in [9.17, 15) is 8.42 Å². The third-order valence-electron chi connectivity index (χ3n) is 1.91. The average Bonchev–Trinajstić information content (AvgIpc) is 2.15. The number of halogens is 1. The third kappa shape index (κ3) is 1.94. The molecule has 78 valence electrons. The first-order valence-electron chi connectivity index (χ1n) is 4.06. The van der Waals surface area contributed by atoms with Crippen LogP contribution in [0, 0.1) is 0 Å². The summed E-state index contributed by atoms with van der Waals surface area (Å²) in [4.78, 5) is 3.90. The monoisotopic (exact) mass is 242 g/mol. The first kappa shape index (κ1) is 10.4. The molecule has 2 rings (SSSR count). The van der Waals surface area contributed by atoms with E-state index in [4.69, 9.17) is 16.7 Å². The van der Waals surface area contributed by atoms with Gasteiger partial charge in [-0.1, -0.05) is 29.8 Å². The summed E-state index contributed by atoms with van der Waals surface area (Å²) in [7, 11) is -3.87. The molecule has 0 bridgehead atoms. The molecule has 0 unspecified atom stereocenters. The van der Waals surface area contributed by atoms with Gasteiger partial charge in [-0.15, -0.1) is 0 Å². The topological polar surface area (TPSA) is 73.1 Å². The molecule has 1 aromatic carbocycles. The van der Waals surface area contributed by atoms with Gasteiger partial charge in [-0.25, -0.2) is 18.5 Å². The van der Waals surface area contributed by atoms with Crippen LogP contribution < -0.4 is 5.14 Å². The number of primary sulfonamides is 1. The van der Waals surface area contributed by atoms with Crippen molar-refractivity contribution >= 4 is 32.5 Å². The van der Waals surface area contributed by atoms with Gasteiger partial charge in [0.25, 0.3) is 10.0 Å². The molecule has 0 fully saturated rings. The van der Waals surface area contributed by atoms with Crippen molar-refractivity contribution in [2.75, 3.05) is 0 Å². The van der Waals surface area contributed by atoms with Gasteiger partial charge in [-0.05, 0) is 12.1 Å². The fourth-order valence-corrected chi connectivity index (χ4v) is 2.31. The van der Waals surface area contributed by atoms with Crippen LogP contribution in [0.2, 0.25) is 5.02 Å². The number of hydrogen-bond donors (Lipinski definition) is 1. The minimum Gasteiger partial charge on any atom is -0.234 e. The zero-order chi connectivity index (χ0) is 11.1. The van der Waals surface area contributed by atoms with Crippen LogP contribution in [-0.4, -0.2) is 13.4 Å². The summed E-state index contributed by atoms with van der Waals surface area (Å²) in [6.07, 6.45) is 0. The second kappa shape index (κ2) is 3.44. The summed E-state index contributed by atoms with van der Waals surface area (Å²) in [5, 5.41) is 5.50. The molecule has 2 N–H and O–H groups in total. The number of hydrogen-bond acceptors (Lipinski definition) is 3. The second-order valence-electron chi connectivity index (χ2n) is 3.01. The van der Waals surface area contributed by atoms with Gasteiger partial charge in [0.1, 0.15) is 0 Å². The Morgan fingerprint density at radius 1 is 1.27 bits per heavy atom. The molecular formula is C9H7ClN2O2S. The third-order valence-corrected chi connectivity index (χ3v) is 3.17. The minimum absolute atomic E-state index is 0.0381. The summed E-state index contributed by atoms with van der Waals surface area (Å²) < 4.78 is 22.3. The maximum absolute atomic E-state index is 11.1. The van der Waals surface area contributed by atoms with Crippen LogP contribution in [0.4, 0.5) is 0 Å². The van der Waals surface area contributed by atoms with Crippen LogP contribution in [0.15, 0.2) is 35.4 Å². The zero-order valence-electron chi connectivity index (χ0n) is 7.51. The number of rotatable bonds is 1. The van der Waals surface area contributed by atoms with Gasteiger partial charge in [-0.3, -0.25) is 0 Å². The smallest absolute Gasteiger partial charge is 0.234 e. The largest absolute Gasteiger partial charge is 0.257 e. The number of sulfonamides is 1. The molecule has 2 aromatic rings. The molecule has 15 heavy (non-hydrogen) atoms. The molecule has 0 saturated heterocycles. The Bertz CT molecular complexity index is 625. The molecule has 1 heterocycles. The van der Waals surface area contributed by atoms with Crippen LogP contribution >= 0.6 is 11.6 Å². The zero-order valence-corrected chi connectivity index (χ0v) is 9.09. The van der Waals surface area contributed by atoms with Crippen molar-refractivity contribution in [1.29, 1.82) is 0 Å². The molecule has 0 amide bonds. The number of nitrogens with zero attached hydrogens (tertiary/aromatic N) is 1. The number of nitrogens with two attached hydrogens (primary N) is 1. The Hall–Kier alpha value is -1.17. The van der Waals surface area contributed by atoms with Crippen molar-refractivity contribution in [2.45, 2.75) is 5.03 Å². The Kier molecular flexibility index (Phi) is 2.38. The highest BCUT2D eigenvalue weighted by atomic mass is 35.5. The van der Waals surface area contributed by atoms with Crippen LogP contribution in [0.3, 0.4) is 0 Å². The molecule has 0 saturated carbocycles.